The van der Waals surface area contributed by atoms with Crippen LogP contribution in [0, 0.1) is 19.3 Å². The molecule has 0 radical (unpaired) electrons. The number of ether oxygens (including phenoxy) is 2. The molecule has 1 heterocycles. The van der Waals surface area contributed by atoms with Gasteiger partial charge in [0.1, 0.15) is 11.3 Å². The maximum atomic E-state index is 12.6. The monoisotopic (exact) mass is 282 g/mol. The molecule has 0 aliphatic rings. The van der Waals surface area contributed by atoms with Gasteiger partial charge in [-0.1, -0.05) is 29.8 Å². The molecule has 0 N–H and O–H groups in total. The summed E-state index contributed by atoms with van der Waals surface area (Å²) >= 11 is 0. The third kappa shape index (κ3) is 2.84. The Labute approximate surface area is 123 Å². The predicted octanol–water partition coefficient (Wildman–Crippen LogP) is 2.01. The van der Waals surface area contributed by atoms with Gasteiger partial charge in [-0.2, -0.15) is 9.97 Å². The third-order valence-corrected chi connectivity index (χ3v) is 2.91. The van der Waals surface area contributed by atoms with Crippen molar-refractivity contribution in [2.24, 2.45) is 0 Å². The first-order valence-corrected chi connectivity index (χ1v) is 6.18. The molecular formula is C16H14N2O3. The molecule has 0 atom stereocenters. The van der Waals surface area contributed by atoms with Gasteiger partial charge >= 0.3 is 6.01 Å². The lowest BCUT2D eigenvalue weighted by Crippen LogP contribution is -2.11. The molecular weight excluding hydrogens is 268 g/mol. The standard InChI is InChI=1S/C16H14N2O3/c1-5-12-13(15(20-3)18-16(17-12)21-4)14(19)11-8-6-10(2)7-9-11/h1,6-9H,2-4H3. The van der Waals surface area contributed by atoms with Crippen LogP contribution in [0.25, 0.3) is 0 Å². The van der Waals surface area contributed by atoms with E-state index in [4.69, 9.17) is 15.9 Å². The highest BCUT2D eigenvalue weighted by Gasteiger charge is 2.22. The first kappa shape index (κ1) is 14.5. The molecule has 1 aromatic carbocycles. The van der Waals surface area contributed by atoms with Crippen molar-refractivity contribution in [1.82, 2.24) is 9.97 Å². The molecule has 5 heteroatoms. The number of hydrogen-bond acceptors (Lipinski definition) is 5. The zero-order valence-corrected chi connectivity index (χ0v) is 12.0. The number of methoxy groups -OCH3 is 2. The van der Waals surface area contributed by atoms with Crippen molar-refractivity contribution < 1.29 is 14.3 Å². The molecule has 106 valence electrons. The molecule has 2 aromatic rings. The molecule has 21 heavy (non-hydrogen) atoms. The summed E-state index contributed by atoms with van der Waals surface area (Å²) in [6, 6.07) is 7.20. The van der Waals surface area contributed by atoms with E-state index < -0.39 is 0 Å². The van der Waals surface area contributed by atoms with E-state index in [-0.39, 0.29) is 28.9 Å². The fraction of sp³-hybridized carbons (Fsp3) is 0.188. The second-order valence-electron chi connectivity index (χ2n) is 4.28. The Morgan fingerprint density at radius 1 is 1.14 bits per heavy atom. The quantitative estimate of drug-likeness (QED) is 0.634. The summed E-state index contributed by atoms with van der Waals surface area (Å²) in [6.45, 7) is 1.94. The smallest absolute Gasteiger partial charge is 0.320 e. The number of benzene rings is 1. The Morgan fingerprint density at radius 3 is 2.33 bits per heavy atom. The lowest BCUT2D eigenvalue weighted by molar-refractivity contribution is 0.103. The fourth-order valence-electron chi connectivity index (χ4n) is 1.82. The minimum absolute atomic E-state index is 0.0558. The maximum absolute atomic E-state index is 12.6. The summed E-state index contributed by atoms with van der Waals surface area (Å²) in [7, 11) is 2.82. The Balaban J connectivity index is 2.59. The molecule has 0 saturated heterocycles. The number of carbonyl (C=O) groups excluding carboxylic acids is 1. The first-order valence-electron chi connectivity index (χ1n) is 6.18. The molecule has 5 nitrogen and oxygen atoms in total. The second kappa shape index (κ2) is 6.06. The van der Waals surface area contributed by atoms with E-state index in [1.807, 2.05) is 19.1 Å². The Kier molecular flexibility index (Phi) is 4.19. The van der Waals surface area contributed by atoms with Crippen molar-refractivity contribution in [2.45, 2.75) is 6.92 Å². The summed E-state index contributed by atoms with van der Waals surface area (Å²) in [6.07, 6.45) is 5.43. The zero-order valence-electron chi connectivity index (χ0n) is 12.0. The van der Waals surface area contributed by atoms with Crippen LogP contribution in [0.2, 0.25) is 0 Å². The van der Waals surface area contributed by atoms with E-state index in [2.05, 4.69) is 15.9 Å². The van der Waals surface area contributed by atoms with Gasteiger partial charge in [0.25, 0.3) is 0 Å². The number of aromatic nitrogens is 2. The van der Waals surface area contributed by atoms with Gasteiger partial charge in [-0.05, 0) is 12.8 Å². The van der Waals surface area contributed by atoms with Gasteiger partial charge in [0.15, 0.2) is 0 Å². The Morgan fingerprint density at radius 2 is 1.81 bits per heavy atom. The highest BCUT2D eigenvalue weighted by molar-refractivity contribution is 6.11. The van der Waals surface area contributed by atoms with E-state index in [9.17, 15) is 4.79 Å². The molecule has 0 spiro atoms. The zero-order chi connectivity index (χ0) is 15.4. The third-order valence-electron chi connectivity index (χ3n) is 2.91. The predicted molar refractivity (Wildman–Crippen MR) is 77.7 cm³/mol. The average molecular weight is 282 g/mol. The molecule has 0 unspecified atom stereocenters. The van der Waals surface area contributed by atoms with Crippen molar-refractivity contribution in [2.75, 3.05) is 14.2 Å². The number of ketones is 1. The van der Waals surface area contributed by atoms with Crippen LogP contribution in [0.15, 0.2) is 24.3 Å². The van der Waals surface area contributed by atoms with E-state index in [1.165, 1.54) is 14.2 Å². The molecule has 0 bridgehead atoms. The van der Waals surface area contributed by atoms with Gasteiger partial charge < -0.3 is 9.47 Å². The topological polar surface area (TPSA) is 61.3 Å². The number of hydrogen-bond donors (Lipinski definition) is 0. The average Bonchev–Trinajstić information content (AvgIpc) is 2.53. The lowest BCUT2D eigenvalue weighted by atomic mass is 10.0. The largest absolute Gasteiger partial charge is 0.480 e. The van der Waals surface area contributed by atoms with Gasteiger partial charge in [0, 0.05) is 5.56 Å². The van der Waals surface area contributed by atoms with Crippen molar-refractivity contribution >= 4 is 5.78 Å². The van der Waals surface area contributed by atoms with Crippen LogP contribution >= 0.6 is 0 Å². The number of nitrogens with zero attached hydrogens (tertiary/aromatic N) is 2. The fourth-order valence-corrected chi connectivity index (χ4v) is 1.82. The highest BCUT2D eigenvalue weighted by Crippen LogP contribution is 2.24. The summed E-state index contributed by atoms with van der Waals surface area (Å²) < 4.78 is 10.1. The van der Waals surface area contributed by atoms with E-state index >= 15 is 0 Å². The molecule has 0 amide bonds. The number of aryl methyl sites for hydroxylation is 1. The van der Waals surface area contributed by atoms with Crippen LogP contribution in [0.5, 0.6) is 11.9 Å². The molecule has 0 aliphatic heterocycles. The Hall–Kier alpha value is -2.87. The lowest BCUT2D eigenvalue weighted by Gasteiger charge is -2.10. The van der Waals surface area contributed by atoms with Crippen molar-refractivity contribution in [1.29, 1.82) is 0 Å². The van der Waals surface area contributed by atoms with Crippen LogP contribution in [0.4, 0.5) is 0 Å². The number of rotatable bonds is 4. The molecule has 1 aromatic heterocycles. The van der Waals surface area contributed by atoms with E-state index in [1.54, 1.807) is 12.1 Å². The van der Waals surface area contributed by atoms with Crippen LogP contribution in [0.1, 0.15) is 27.2 Å². The number of terminal acetylenes is 1. The SMILES string of the molecule is C#Cc1nc(OC)nc(OC)c1C(=O)c1ccc(C)cc1. The molecule has 0 saturated carbocycles. The Bertz CT molecular complexity index is 716. The normalized spacial score (nSPS) is 9.81. The first-order chi connectivity index (χ1) is 10.1. The van der Waals surface area contributed by atoms with Crippen LogP contribution in [0.3, 0.4) is 0 Å². The second-order valence-corrected chi connectivity index (χ2v) is 4.28. The maximum Gasteiger partial charge on any atom is 0.320 e. The summed E-state index contributed by atoms with van der Waals surface area (Å²) in [5.74, 6) is 2.18. The minimum Gasteiger partial charge on any atom is -0.480 e. The van der Waals surface area contributed by atoms with Crippen LogP contribution in [-0.4, -0.2) is 30.0 Å². The van der Waals surface area contributed by atoms with Crippen molar-refractivity contribution in [3.63, 3.8) is 0 Å². The van der Waals surface area contributed by atoms with E-state index in [0.29, 0.717) is 5.56 Å². The van der Waals surface area contributed by atoms with E-state index in [0.717, 1.165) is 5.56 Å². The summed E-state index contributed by atoms with van der Waals surface area (Å²) in [4.78, 5) is 20.6. The molecule has 0 fully saturated rings. The number of carbonyl (C=O) groups is 1. The van der Waals surface area contributed by atoms with Gasteiger partial charge in [-0.15, -0.1) is 6.42 Å². The van der Waals surface area contributed by atoms with Gasteiger partial charge in [0.05, 0.1) is 14.2 Å². The summed E-state index contributed by atoms with van der Waals surface area (Å²) in [5, 5.41) is 0. The van der Waals surface area contributed by atoms with Gasteiger partial charge in [-0.25, -0.2) is 0 Å². The van der Waals surface area contributed by atoms with Crippen molar-refractivity contribution in [3.8, 4) is 24.2 Å². The van der Waals surface area contributed by atoms with Crippen LogP contribution in [-0.2, 0) is 0 Å². The van der Waals surface area contributed by atoms with Gasteiger partial charge in [0.2, 0.25) is 11.7 Å². The highest BCUT2D eigenvalue weighted by atomic mass is 16.5. The van der Waals surface area contributed by atoms with Gasteiger partial charge in [-0.3, -0.25) is 4.79 Å². The molecule has 0 aliphatic carbocycles. The van der Waals surface area contributed by atoms with Crippen molar-refractivity contribution in [3.05, 3.63) is 46.6 Å². The molecule has 2 rings (SSSR count). The minimum atomic E-state index is -0.289. The van der Waals surface area contributed by atoms with Crippen LogP contribution < -0.4 is 9.47 Å². The summed E-state index contributed by atoms with van der Waals surface area (Å²) in [5.41, 5.74) is 1.85.